The Morgan fingerprint density at radius 1 is 1.52 bits per heavy atom. The largest absolute Gasteiger partial charge is 0.356 e. The molecule has 0 aliphatic carbocycles. The fraction of sp³-hybridized carbons (Fsp3) is 0.533. The number of rotatable bonds is 4. The summed E-state index contributed by atoms with van der Waals surface area (Å²) in [6.07, 6.45) is 6.23. The summed E-state index contributed by atoms with van der Waals surface area (Å²) in [4.78, 5) is 16.6. The van der Waals surface area contributed by atoms with Crippen molar-refractivity contribution in [2.45, 2.75) is 39.7 Å². The summed E-state index contributed by atoms with van der Waals surface area (Å²) in [5, 5.41) is 10.2. The predicted molar refractivity (Wildman–Crippen MR) is 78.8 cm³/mol. The van der Waals surface area contributed by atoms with Gasteiger partial charge in [0.05, 0.1) is 5.69 Å². The van der Waals surface area contributed by atoms with E-state index in [0.717, 1.165) is 43.0 Å². The van der Waals surface area contributed by atoms with Gasteiger partial charge in [-0.15, -0.1) is 0 Å². The van der Waals surface area contributed by atoms with Gasteiger partial charge in [0.25, 0.3) is 0 Å². The minimum absolute atomic E-state index is 0.0476. The molecule has 1 aliphatic heterocycles. The highest BCUT2D eigenvalue weighted by Crippen LogP contribution is 2.19. The van der Waals surface area contributed by atoms with Crippen LogP contribution in [0.3, 0.4) is 0 Å². The first-order chi connectivity index (χ1) is 10.1. The number of nitrogens with one attached hydrogen (secondary N) is 2. The highest BCUT2D eigenvalue weighted by atomic mass is 16.1. The summed E-state index contributed by atoms with van der Waals surface area (Å²) in [7, 11) is 0. The molecule has 2 N–H and O–H groups in total. The predicted octanol–water partition coefficient (Wildman–Crippen LogP) is 1.14. The Balaban J connectivity index is 1.51. The molecule has 3 heterocycles. The molecule has 2 aromatic heterocycles. The van der Waals surface area contributed by atoms with Crippen molar-refractivity contribution in [2.24, 2.45) is 5.92 Å². The van der Waals surface area contributed by atoms with Crippen molar-refractivity contribution in [3.05, 3.63) is 35.2 Å². The molecule has 0 bridgehead atoms. The van der Waals surface area contributed by atoms with E-state index in [1.54, 1.807) is 6.20 Å². The summed E-state index contributed by atoms with van der Waals surface area (Å²) in [5.74, 6) is 1.21. The van der Waals surface area contributed by atoms with E-state index >= 15 is 0 Å². The molecule has 6 nitrogen and oxygen atoms in total. The van der Waals surface area contributed by atoms with Crippen LogP contribution in [-0.2, 0) is 24.2 Å². The van der Waals surface area contributed by atoms with Crippen LogP contribution >= 0.6 is 0 Å². The van der Waals surface area contributed by atoms with Crippen molar-refractivity contribution in [1.29, 1.82) is 0 Å². The number of aromatic nitrogens is 4. The average Bonchev–Trinajstić information content (AvgIpc) is 3.07. The van der Waals surface area contributed by atoms with Crippen LogP contribution in [0.15, 0.2) is 12.4 Å². The van der Waals surface area contributed by atoms with Crippen molar-refractivity contribution in [1.82, 2.24) is 25.1 Å². The molecule has 21 heavy (non-hydrogen) atoms. The number of imidazole rings is 1. The van der Waals surface area contributed by atoms with E-state index in [1.807, 2.05) is 20.0 Å². The van der Waals surface area contributed by atoms with Crippen LogP contribution in [0.5, 0.6) is 0 Å². The summed E-state index contributed by atoms with van der Waals surface area (Å²) in [6.45, 7) is 5.54. The first-order valence-corrected chi connectivity index (χ1v) is 7.43. The SMILES string of the molecule is Cc1n[nH]c(C)c1CCNC(=O)C1CCn2ccnc2C1. The van der Waals surface area contributed by atoms with Gasteiger partial charge in [-0.3, -0.25) is 9.89 Å². The summed E-state index contributed by atoms with van der Waals surface area (Å²) >= 11 is 0. The maximum Gasteiger partial charge on any atom is 0.223 e. The highest BCUT2D eigenvalue weighted by molar-refractivity contribution is 5.79. The lowest BCUT2D eigenvalue weighted by atomic mass is 9.97. The first-order valence-electron chi connectivity index (χ1n) is 7.43. The number of amides is 1. The Morgan fingerprint density at radius 2 is 2.38 bits per heavy atom. The van der Waals surface area contributed by atoms with Gasteiger partial charge in [-0.25, -0.2) is 4.98 Å². The van der Waals surface area contributed by atoms with Crippen LogP contribution < -0.4 is 5.32 Å². The molecule has 112 valence electrons. The van der Waals surface area contributed by atoms with Crippen LogP contribution in [0.1, 0.15) is 29.2 Å². The quantitative estimate of drug-likeness (QED) is 0.885. The Hall–Kier alpha value is -2.11. The van der Waals surface area contributed by atoms with Crippen LogP contribution in [0.4, 0.5) is 0 Å². The van der Waals surface area contributed by atoms with Gasteiger partial charge in [0.1, 0.15) is 5.82 Å². The lowest BCUT2D eigenvalue weighted by Crippen LogP contribution is -2.36. The van der Waals surface area contributed by atoms with Crippen LogP contribution in [0.2, 0.25) is 0 Å². The maximum atomic E-state index is 12.3. The minimum Gasteiger partial charge on any atom is -0.356 e. The van der Waals surface area contributed by atoms with Gasteiger partial charge in [0.2, 0.25) is 5.91 Å². The second-order valence-electron chi connectivity index (χ2n) is 5.68. The molecule has 2 aromatic rings. The van der Waals surface area contributed by atoms with Gasteiger partial charge in [0.15, 0.2) is 0 Å². The Labute approximate surface area is 124 Å². The Kier molecular flexibility index (Phi) is 3.77. The number of aromatic amines is 1. The van der Waals surface area contributed by atoms with E-state index < -0.39 is 0 Å². The van der Waals surface area contributed by atoms with E-state index in [2.05, 4.69) is 25.1 Å². The zero-order valence-electron chi connectivity index (χ0n) is 12.5. The molecular weight excluding hydrogens is 266 g/mol. The molecule has 1 amide bonds. The lowest BCUT2D eigenvalue weighted by molar-refractivity contribution is -0.125. The Morgan fingerprint density at radius 3 is 3.14 bits per heavy atom. The summed E-state index contributed by atoms with van der Waals surface area (Å²) < 4.78 is 2.13. The third-order valence-corrected chi connectivity index (χ3v) is 4.27. The van der Waals surface area contributed by atoms with Gasteiger partial charge in [-0.2, -0.15) is 5.10 Å². The molecular formula is C15H21N5O. The zero-order valence-corrected chi connectivity index (χ0v) is 12.5. The highest BCUT2D eigenvalue weighted by Gasteiger charge is 2.25. The number of nitrogens with zero attached hydrogens (tertiary/aromatic N) is 3. The Bertz CT molecular complexity index is 623. The molecule has 0 radical (unpaired) electrons. The molecule has 0 saturated carbocycles. The zero-order chi connectivity index (χ0) is 14.8. The van der Waals surface area contributed by atoms with E-state index in [-0.39, 0.29) is 11.8 Å². The monoisotopic (exact) mass is 287 g/mol. The number of carbonyl (C=O) groups excluding carboxylic acids is 1. The molecule has 0 fully saturated rings. The molecule has 1 aliphatic rings. The van der Waals surface area contributed by atoms with Crippen molar-refractivity contribution in [3.63, 3.8) is 0 Å². The van der Waals surface area contributed by atoms with Crippen LogP contribution in [0.25, 0.3) is 0 Å². The second-order valence-corrected chi connectivity index (χ2v) is 5.68. The average molecular weight is 287 g/mol. The van der Waals surface area contributed by atoms with Gasteiger partial charge in [0, 0.05) is 43.5 Å². The van der Waals surface area contributed by atoms with Crippen molar-refractivity contribution < 1.29 is 4.79 Å². The molecule has 0 saturated heterocycles. The fourth-order valence-corrected chi connectivity index (χ4v) is 2.97. The van der Waals surface area contributed by atoms with E-state index in [1.165, 1.54) is 5.56 Å². The van der Waals surface area contributed by atoms with Gasteiger partial charge < -0.3 is 9.88 Å². The molecule has 6 heteroatoms. The van der Waals surface area contributed by atoms with Crippen LogP contribution in [0, 0.1) is 19.8 Å². The topological polar surface area (TPSA) is 75.6 Å². The number of aryl methyl sites for hydroxylation is 3. The fourth-order valence-electron chi connectivity index (χ4n) is 2.97. The van der Waals surface area contributed by atoms with Gasteiger partial charge in [-0.1, -0.05) is 0 Å². The van der Waals surface area contributed by atoms with E-state index in [9.17, 15) is 4.79 Å². The number of carbonyl (C=O) groups is 1. The molecule has 3 rings (SSSR count). The molecule has 0 spiro atoms. The minimum atomic E-state index is 0.0476. The standard InChI is InChI=1S/C15H21N5O/c1-10-13(11(2)19-18-10)3-5-17-15(21)12-4-7-20-8-6-16-14(20)9-12/h6,8,12H,3-5,7,9H2,1-2H3,(H,17,21)(H,18,19). The normalized spacial score (nSPS) is 17.5. The van der Waals surface area contributed by atoms with Crippen molar-refractivity contribution in [2.75, 3.05) is 6.54 Å². The van der Waals surface area contributed by atoms with E-state index in [4.69, 9.17) is 0 Å². The number of hydrogen-bond donors (Lipinski definition) is 2. The maximum absolute atomic E-state index is 12.3. The number of fused-ring (bicyclic) bond motifs is 1. The second kappa shape index (κ2) is 5.71. The summed E-state index contributed by atoms with van der Waals surface area (Å²) in [5.41, 5.74) is 3.30. The van der Waals surface area contributed by atoms with Crippen molar-refractivity contribution in [3.8, 4) is 0 Å². The van der Waals surface area contributed by atoms with E-state index in [0.29, 0.717) is 6.54 Å². The molecule has 1 atom stereocenters. The first kappa shape index (κ1) is 13.9. The smallest absolute Gasteiger partial charge is 0.223 e. The van der Waals surface area contributed by atoms with Crippen molar-refractivity contribution >= 4 is 5.91 Å². The van der Waals surface area contributed by atoms with Gasteiger partial charge >= 0.3 is 0 Å². The summed E-state index contributed by atoms with van der Waals surface area (Å²) in [6, 6.07) is 0. The van der Waals surface area contributed by atoms with Crippen LogP contribution in [-0.4, -0.2) is 32.2 Å². The number of H-pyrrole nitrogens is 1. The number of hydrogen-bond acceptors (Lipinski definition) is 3. The molecule has 1 unspecified atom stereocenters. The lowest BCUT2D eigenvalue weighted by Gasteiger charge is -2.22. The third kappa shape index (κ3) is 2.84. The van der Waals surface area contributed by atoms with Gasteiger partial charge in [-0.05, 0) is 32.3 Å². The third-order valence-electron chi connectivity index (χ3n) is 4.27. The molecule has 0 aromatic carbocycles.